The van der Waals surface area contributed by atoms with Crippen molar-refractivity contribution in [1.82, 2.24) is 0 Å². The second-order valence-corrected chi connectivity index (χ2v) is 6.58. The highest BCUT2D eigenvalue weighted by Crippen LogP contribution is 2.53. The van der Waals surface area contributed by atoms with Crippen LogP contribution in [-0.2, 0) is 10.3 Å². The standard InChI is InChI=1S/C14H16F2N2OS/c1-13-4-5-19-7-14(13,18-12(17)20-8-13)10-3-2-9(15)6-11(10)16/h2-3,6H,4-5,7-8H2,1H3,(H2,17,18). The van der Waals surface area contributed by atoms with Gasteiger partial charge in [0, 0.05) is 29.4 Å². The molecule has 2 aliphatic heterocycles. The average Bonchev–Trinajstić information content (AvgIpc) is 2.39. The number of rotatable bonds is 1. The summed E-state index contributed by atoms with van der Waals surface area (Å²) in [6.07, 6.45) is 0.771. The molecule has 20 heavy (non-hydrogen) atoms. The van der Waals surface area contributed by atoms with E-state index < -0.39 is 17.2 Å². The maximum atomic E-state index is 14.3. The van der Waals surface area contributed by atoms with Crippen LogP contribution in [0.15, 0.2) is 23.2 Å². The van der Waals surface area contributed by atoms with Crippen molar-refractivity contribution in [1.29, 1.82) is 0 Å². The van der Waals surface area contributed by atoms with Gasteiger partial charge >= 0.3 is 0 Å². The Morgan fingerprint density at radius 2 is 2.20 bits per heavy atom. The van der Waals surface area contributed by atoms with Gasteiger partial charge in [0.15, 0.2) is 5.17 Å². The summed E-state index contributed by atoms with van der Waals surface area (Å²) in [5.74, 6) is -0.434. The number of ether oxygens (including phenoxy) is 1. The van der Waals surface area contributed by atoms with E-state index in [1.54, 1.807) is 0 Å². The highest BCUT2D eigenvalue weighted by Gasteiger charge is 2.55. The molecule has 1 aromatic carbocycles. The van der Waals surface area contributed by atoms with Crippen molar-refractivity contribution < 1.29 is 13.5 Å². The Morgan fingerprint density at radius 1 is 1.40 bits per heavy atom. The molecule has 3 rings (SSSR count). The van der Waals surface area contributed by atoms with E-state index in [1.165, 1.54) is 23.9 Å². The van der Waals surface area contributed by atoms with Gasteiger partial charge in [0.25, 0.3) is 0 Å². The number of halogens is 2. The van der Waals surface area contributed by atoms with Crippen molar-refractivity contribution in [2.75, 3.05) is 19.0 Å². The van der Waals surface area contributed by atoms with Crippen molar-refractivity contribution in [3.63, 3.8) is 0 Å². The van der Waals surface area contributed by atoms with Gasteiger partial charge in [-0.1, -0.05) is 24.8 Å². The normalized spacial score (nSPS) is 33.5. The van der Waals surface area contributed by atoms with Crippen LogP contribution < -0.4 is 5.73 Å². The molecule has 0 spiro atoms. The Balaban J connectivity index is 2.20. The van der Waals surface area contributed by atoms with Gasteiger partial charge in [0.2, 0.25) is 0 Å². The summed E-state index contributed by atoms with van der Waals surface area (Å²) in [5.41, 5.74) is 5.11. The summed E-state index contributed by atoms with van der Waals surface area (Å²) in [7, 11) is 0. The number of thioether (sulfide) groups is 1. The smallest absolute Gasteiger partial charge is 0.154 e. The molecule has 2 heterocycles. The molecule has 0 radical (unpaired) electrons. The molecule has 0 amide bonds. The predicted octanol–water partition coefficient (Wildman–Crippen LogP) is 2.65. The molecule has 0 saturated carbocycles. The molecule has 1 saturated heterocycles. The van der Waals surface area contributed by atoms with E-state index in [-0.39, 0.29) is 12.0 Å². The first-order valence-corrected chi connectivity index (χ1v) is 7.47. The maximum Gasteiger partial charge on any atom is 0.154 e. The fourth-order valence-electron chi connectivity index (χ4n) is 3.00. The number of nitrogens with zero attached hydrogens (tertiary/aromatic N) is 1. The molecule has 1 fully saturated rings. The Hall–Kier alpha value is -1.14. The lowest BCUT2D eigenvalue weighted by Gasteiger charge is -2.51. The zero-order valence-electron chi connectivity index (χ0n) is 11.2. The first-order valence-electron chi connectivity index (χ1n) is 6.48. The number of hydrogen-bond donors (Lipinski definition) is 1. The van der Waals surface area contributed by atoms with Gasteiger partial charge in [-0.2, -0.15) is 0 Å². The molecule has 2 unspecified atom stereocenters. The molecule has 2 N–H and O–H groups in total. The summed E-state index contributed by atoms with van der Waals surface area (Å²) in [6.45, 7) is 2.96. The van der Waals surface area contributed by atoms with Crippen LogP contribution in [0.2, 0.25) is 0 Å². The average molecular weight is 298 g/mol. The monoisotopic (exact) mass is 298 g/mol. The first kappa shape index (κ1) is 13.8. The second kappa shape index (κ2) is 4.70. The van der Waals surface area contributed by atoms with E-state index in [2.05, 4.69) is 11.9 Å². The van der Waals surface area contributed by atoms with Crippen molar-refractivity contribution >= 4 is 16.9 Å². The fourth-order valence-corrected chi connectivity index (χ4v) is 4.07. The third-order valence-electron chi connectivity index (χ3n) is 4.32. The number of nitrogens with two attached hydrogens (primary N) is 1. The molecule has 1 aromatic rings. The Kier molecular flexibility index (Phi) is 3.25. The molecule has 6 heteroatoms. The highest BCUT2D eigenvalue weighted by atomic mass is 32.2. The summed E-state index contributed by atoms with van der Waals surface area (Å²) >= 11 is 1.48. The molecule has 3 nitrogen and oxygen atoms in total. The van der Waals surface area contributed by atoms with Crippen LogP contribution >= 0.6 is 11.8 Å². The lowest BCUT2D eigenvalue weighted by molar-refractivity contribution is -0.0440. The molecule has 0 aliphatic carbocycles. The van der Waals surface area contributed by atoms with Crippen LogP contribution in [-0.4, -0.2) is 24.1 Å². The minimum atomic E-state index is -0.863. The van der Waals surface area contributed by atoms with Gasteiger partial charge in [-0.25, -0.2) is 13.8 Å². The number of aliphatic imine (C=N–C) groups is 1. The molecule has 108 valence electrons. The van der Waals surface area contributed by atoms with Crippen LogP contribution in [0.1, 0.15) is 18.9 Å². The van der Waals surface area contributed by atoms with Crippen LogP contribution in [0.3, 0.4) is 0 Å². The second-order valence-electron chi connectivity index (χ2n) is 5.59. The molecular formula is C14H16F2N2OS. The Bertz CT molecular complexity index is 580. The van der Waals surface area contributed by atoms with Crippen LogP contribution in [0.4, 0.5) is 8.78 Å². The highest BCUT2D eigenvalue weighted by molar-refractivity contribution is 8.13. The van der Waals surface area contributed by atoms with Crippen molar-refractivity contribution in [3.05, 3.63) is 35.4 Å². The minimum Gasteiger partial charge on any atom is -0.379 e. The van der Waals surface area contributed by atoms with E-state index >= 15 is 0 Å². The van der Waals surface area contributed by atoms with E-state index in [1.807, 2.05) is 0 Å². The number of fused-ring (bicyclic) bond motifs is 1. The lowest BCUT2D eigenvalue weighted by atomic mass is 9.65. The minimum absolute atomic E-state index is 0.253. The van der Waals surface area contributed by atoms with Crippen molar-refractivity contribution in [3.8, 4) is 0 Å². The van der Waals surface area contributed by atoms with Crippen LogP contribution in [0.25, 0.3) is 0 Å². The quantitative estimate of drug-likeness (QED) is 0.867. The SMILES string of the molecule is CC12CCOCC1(c1ccc(F)cc1F)N=C(N)SC2. The Labute approximate surface area is 120 Å². The van der Waals surface area contributed by atoms with E-state index in [0.29, 0.717) is 17.3 Å². The zero-order valence-corrected chi connectivity index (χ0v) is 12.0. The molecule has 2 aliphatic rings. The maximum absolute atomic E-state index is 14.3. The van der Waals surface area contributed by atoms with Gasteiger partial charge in [0.05, 0.1) is 6.61 Å². The van der Waals surface area contributed by atoms with Gasteiger partial charge in [-0.05, 0) is 12.5 Å². The van der Waals surface area contributed by atoms with Gasteiger partial charge in [-0.3, -0.25) is 0 Å². The molecule has 0 bridgehead atoms. The van der Waals surface area contributed by atoms with Gasteiger partial charge in [-0.15, -0.1) is 0 Å². The fraction of sp³-hybridized carbons (Fsp3) is 0.500. The van der Waals surface area contributed by atoms with E-state index in [4.69, 9.17) is 10.5 Å². The number of hydrogen-bond acceptors (Lipinski definition) is 4. The predicted molar refractivity (Wildman–Crippen MR) is 75.7 cm³/mol. The van der Waals surface area contributed by atoms with E-state index in [9.17, 15) is 8.78 Å². The van der Waals surface area contributed by atoms with Crippen molar-refractivity contribution in [2.45, 2.75) is 18.9 Å². The van der Waals surface area contributed by atoms with Gasteiger partial charge < -0.3 is 10.5 Å². The van der Waals surface area contributed by atoms with Gasteiger partial charge in [0.1, 0.15) is 17.2 Å². The largest absolute Gasteiger partial charge is 0.379 e. The van der Waals surface area contributed by atoms with Crippen LogP contribution in [0, 0.1) is 17.0 Å². The third-order valence-corrected chi connectivity index (χ3v) is 5.49. The summed E-state index contributed by atoms with van der Waals surface area (Å²) in [4.78, 5) is 4.54. The van der Waals surface area contributed by atoms with Crippen molar-refractivity contribution in [2.24, 2.45) is 16.1 Å². The lowest BCUT2D eigenvalue weighted by Crippen LogP contribution is -2.55. The van der Waals surface area contributed by atoms with Crippen LogP contribution in [0.5, 0.6) is 0 Å². The summed E-state index contributed by atoms with van der Waals surface area (Å²) < 4.78 is 33.0. The summed E-state index contributed by atoms with van der Waals surface area (Å²) in [5, 5.41) is 0.428. The summed E-state index contributed by atoms with van der Waals surface area (Å²) in [6, 6.07) is 3.62. The zero-order chi connectivity index (χ0) is 14.4. The Morgan fingerprint density at radius 3 is 2.95 bits per heavy atom. The van der Waals surface area contributed by atoms with E-state index in [0.717, 1.165) is 18.2 Å². The first-order chi connectivity index (χ1) is 9.47. The topological polar surface area (TPSA) is 47.6 Å². The third kappa shape index (κ3) is 1.93. The number of amidine groups is 1. The molecular weight excluding hydrogens is 282 g/mol. The molecule has 0 aromatic heterocycles. The molecule has 2 atom stereocenters. The number of benzene rings is 1.